The van der Waals surface area contributed by atoms with E-state index < -0.39 is 0 Å². The first-order valence-electron chi connectivity index (χ1n) is 9.48. The molecule has 0 fully saturated rings. The van der Waals surface area contributed by atoms with Gasteiger partial charge in [0.15, 0.2) is 11.6 Å². The van der Waals surface area contributed by atoms with Crippen molar-refractivity contribution in [1.82, 2.24) is 9.97 Å². The van der Waals surface area contributed by atoms with Crippen LogP contribution < -0.4 is 0 Å². The Hall–Kier alpha value is -1.98. The van der Waals surface area contributed by atoms with Gasteiger partial charge in [-0.05, 0) is 50.8 Å². The summed E-state index contributed by atoms with van der Waals surface area (Å²) in [6.45, 7) is 2.08. The lowest BCUT2D eigenvalue weighted by Gasteiger charge is -2.19. The van der Waals surface area contributed by atoms with E-state index in [1.165, 1.54) is 17.5 Å². The van der Waals surface area contributed by atoms with E-state index in [2.05, 4.69) is 41.1 Å². The zero-order chi connectivity index (χ0) is 19.5. The Bertz CT molecular complexity index is 1020. The lowest BCUT2D eigenvalue weighted by Crippen LogP contribution is -2.11. The largest absolute Gasteiger partial charge is 0.293 e. The van der Waals surface area contributed by atoms with Crippen LogP contribution in [0.15, 0.2) is 58.0 Å². The second kappa shape index (κ2) is 8.58. The maximum absolute atomic E-state index is 12.6. The Balaban J connectivity index is 1.62. The molecule has 0 amide bonds. The van der Waals surface area contributed by atoms with Crippen LogP contribution in [0, 0.1) is 6.92 Å². The van der Waals surface area contributed by atoms with Gasteiger partial charge in [-0.2, -0.15) is 0 Å². The lowest BCUT2D eigenvalue weighted by molar-refractivity contribution is 0.102. The molecule has 0 spiro atoms. The molecule has 1 heterocycles. The van der Waals surface area contributed by atoms with Gasteiger partial charge in [0.2, 0.25) is 0 Å². The first-order chi connectivity index (χ1) is 13.6. The summed E-state index contributed by atoms with van der Waals surface area (Å²) in [4.78, 5) is 22.4. The Morgan fingerprint density at radius 1 is 1.07 bits per heavy atom. The Labute approximate surface area is 178 Å². The SMILES string of the molecule is Cc1cccc(-c2nc3c(c(SCC(=O)c4ccc(Br)cc4)n2)CCCC3)c1. The number of carbonyl (C=O) groups excluding carboxylic acids is 1. The molecule has 0 saturated heterocycles. The number of thioether (sulfide) groups is 1. The van der Waals surface area contributed by atoms with E-state index in [-0.39, 0.29) is 5.78 Å². The Morgan fingerprint density at radius 3 is 2.64 bits per heavy atom. The highest BCUT2D eigenvalue weighted by Gasteiger charge is 2.20. The summed E-state index contributed by atoms with van der Waals surface area (Å²) in [6, 6.07) is 15.8. The van der Waals surface area contributed by atoms with Crippen LogP contribution >= 0.6 is 27.7 Å². The highest BCUT2D eigenvalue weighted by molar-refractivity contribution is 9.10. The summed E-state index contributed by atoms with van der Waals surface area (Å²) in [7, 11) is 0. The van der Waals surface area contributed by atoms with Gasteiger partial charge in [-0.15, -0.1) is 0 Å². The van der Waals surface area contributed by atoms with E-state index in [9.17, 15) is 4.79 Å². The van der Waals surface area contributed by atoms with Crippen LogP contribution in [-0.2, 0) is 12.8 Å². The fraction of sp³-hybridized carbons (Fsp3) is 0.261. The summed E-state index contributed by atoms with van der Waals surface area (Å²) in [5.41, 5.74) is 5.35. The van der Waals surface area contributed by atoms with Gasteiger partial charge in [0.25, 0.3) is 0 Å². The maximum Gasteiger partial charge on any atom is 0.173 e. The molecule has 0 N–H and O–H groups in total. The third-order valence-corrected chi connectivity index (χ3v) is 6.47. The number of carbonyl (C=O) groups is 1. The molecule has 0 aliphatic heterocycles. The van der Waals surface area contributed by atoms with Gasteiger partial charge in [0.1, 0.15) is 5.03 Å². The molecule has 0 bridgehead atoms. The maximum atomic E-state index is 12.6. The molecule has 0 saturated carbocycles. The number of ketones is 1. The number of aromatic nitrogens is 2. The van der Waals surface area contributed by atoms with Crippen molar-refractivity contribution in [3.05, 3.63) is 75.4 Å². The van der Waals surface area contributed by atoms with Crippen molar-refractivity contribution in [3.8, 4) is 11.4 Å². The number of benzene rings is 2. The van der Waals surface area contributed by atoms with Crippen molar-refractivity contribution in [2.45, 2.75) is 37.6 Å². The van der Waals surface area contributed by atoms with Gasteiger partial charge < -0.3 is 0 Å². The average Bonchev–Trinajstić information content (AvgIpc) is 2.72. The van der Waals surface area contributed by atoms with Crippen molar-refractivity contribution in [3.63, 3.8) is 0 Å². The van der Waals surface area contributed by atoms with Crippen LogP contribution in [0.25, 0.3) is 11.4 Å². The molecule has 3 nitrogen and oxygen atoms in total. The van der Waals surface area contributed by atoms with Gasteiger partial charge in [-0.1, -0.05) is 63.6 Å². The predicted octanol–water partition coefficient (Wildman–Crippen LogP) is 6.07. The lowest BCUT2D eigenvalue weighted by atomic mass is 9.97. The van der Waals surface area contributed by atoms with Crippen molar-refractivity contribution in [2.75, 3.05) is 5.75 Å². The molecule has 2 aromatic carbocycles. The first-order valence-corrected chi connectivity index (χ1v) is 11.3. The molecular weight excluding hydrogens is 432 g/mol. The normalized spacial score (nSPS) is 13.2. The molecule has 1 aliphatic carbocycles. The minimum Gasteiger partial charge on any atom is -0.293 e. The third kappa shape index (κ3) is 4.36. The van der Waals surface area contributed by atoms with Crippen molar-refractivity contribution >= 4 is 33.5 Å². The number of fused-ring (bicyclic) bond motifs is 1. The summed E-state index contributed by atoms with van der Waals surface area (Å²) in [6.07, 6.45) is 4.32. The number of rotatable bonds is 5. The summed E-state index contributed by atoms with van der Waals surface area (Å²) < 4.78 is 0.976. The molecule has 3 aromatic rings. The molecule has 0 atom stereocenters. The Kier molecular flexibility index (Phi) is 5.93. The first kappa shape index (κ1) is 19.3. The molecule has 4 rings (SSSR count). The van der Waals surface area contributed by atoms with Gasteiger partial charge in [0, 0.05) is 26.9 Å². The number of hydrogen-bond acceptors (Lipinski definition) is 4. The summed E-state index contributed by atoms with van der Waals surface area (Å²) in [5.74, 6) is 1.28. The monoisotopic (exact) mass is 452 g/mol. The Morgan fingerprint density at radius 2 is 1.86 bits per heavy atom. The van der Waals surface area contributed by atoms with E-state index in [0.29, 0.717) is 5.75 Å². The number of aryl methyl sites for hydroxylation is 2. The fourth-order valence-corrected chi connectivity index (χ4v) is 4.69. The molecule has 1 aromatic heterocycles. The number of nitrogens with zero attached hydrogens (tertiary/aromatic N) is 2. The number of halogens is 1. The highest BCUT2D eigenvalue weighted by Crippen LogP contribution is 2.31. The molecular formula is C23H21BrN2OS. The second-order valence-electron chi connectivity index (χ2n) is 7.07. The number of hydrogen-bond donors (Lipinski definition) is 0. The topological polar surface area (TPSA) is 42.9 Å². The van der Waals surface area contributed by atoms with Gasteiger partial charge in [-0.3, -0.25) is 4.79 Å². The van der Waals surface area contributed by atoms with E-state index in [0.717, 1.165) is 51.4 Å². The fourth-order valence-electron chi connectivity index (χ4n) is 3.45. The van der Waals surface area contributed by atoms with Gasteiger partial charge >= 0.3 is 0 Å². The van der Waals surface area contributed by atoms with Crippen LogP contribution in [0.5, 0.6) is 0 Å². The van der Waals surface area contributed by atoms with E-state index in [1.807, 2.05) is 30.3 Å². The van der Waals surface area contributed by atoms with Crippen molar-refractivity contribution < 1.29 is 4.79 Å². The molecule has 0 radical (unpaired) electrons. The minimum atomic E-state index is 0.123. The smallest absolute Gasteiger partial charge is 0.173 e. The summed E-state index contributed by atoms with van der Waals surface area (Å²) in [5, 5.41) is 0.965. The third-order valence-electron chi connectivity index (χ3n) is 4.93. The number of Topliss-reactive ketones (excluding diaryl/α,β-unsaturated/α-hetero) is 1. The van der Waals surface area contributed by atoms with Crippen molar-refractivity contribution in [2.24, 2.45) is 0 Å². The summed E-state index contributed by atoms with van der Waals surface area (Å²) >= 11 is 4.96. The second-order valence-corrected chi connectivity index (χ2v) is 8.95. The molecule has 142 valence electrons. The van der Waals surface area contributed by atoms with Crippen LogP contribution in [0.1, 0.15) is 40.0 Å². The van der Waals surface area contributed by atoms with Crippen LogP contribution in [-0.4, -0.2) is 21.5 Å². The van der Waals surface area contributed by atoms with E-state index >= 15 is 0 Å². The van der Waals surface area contributed by atoms with Crippen LogP contribution in [0.4, 0.5) is 0 Å². The zero-order valence-corrected chi connectivity index (χ0v) is 18.1. The van der Waals surface area contributed by atoms with Gasteiger partial charge in [-0.25, -0.2) is 9.97 Å². The highest BCUT2D eigenvalue weighted by atomic mass is 79.9. The molecule has 5 heteroatoms. The van der Waals surface area contributed by atoms with Crippen molar-refractivity contribution in [1.29, 1.82) is 0 Å². The molecule has 0 unspecified atom stereocenters. The van der Waals surface area contributed by atoms with Crippen LogP contribution in [0.2, 0.25) is 0 Å². The predicted molar refractivity (Wildman–Crippen MR) is 118 cm³/mol. The van der Waals surface area contributed by atoms with E-state index in [4.69, 9.17) is 9.97 Å². The zero-order valence-electron chi connectivity index (χ0n) is 15.7. The standard InChI is InChI=1S/C23H21BrN2OS/c1-15-5-4-6-17(13-15)22-25-20-8-3-2-7-19(20)23(26-22)28-14-21(27)16-9-11-18(24)12-10-16/h4-6,9-13H,2-3,7-8,14H2,1H3. The molecule has 28 heavy (non-hydrogen) atoms. The van der Waals surface area contributed by atoms with Gasteiger partial charge in [0.05, 0.1) is 5.75 Å². The average molecular weight is 453 g/mol. The molecule has 1 aliphatic rings. The quantitative estimate of drug-likeness (QED) is 0.267. The van der Waals surface area contributed by atoms with E-state index in [1.54, 1.807) is 11.8 Å². The minimum absolute atomic E-state index is 0.123. The van der Waals surface area contributed by atoms with Crippen LogP contribution in [0.3, 0.4) is 0 Å².